The lowest BCUT2D eigenvalue weighted by Crippen LogP contribution is -2.21. The topological polar surface area (TPSA) is 59.0 Å². The maximum atomic E-state index is 8.73. The molecule has 0 aliphatic carbocycles. The number of halogens is 1. The van der Waals surface area contributed by atoms with Crippen LogP contribution in [0.4, 0.5) is 0 Å². The maximum absolute atomic E-state index is 8.73. The standard InChI is InChI=1S/C12H15ClN2O/c1-7-4-11(16-3)10(5-9(15)6-14)8(2)12(7)13/h4,9H,5,15H2,1-3H3. The highest BCUT2D eigenvalue weighted by Crippen LogP contribution is 2.32. The van der Waals surface area contributed by atoms with Crippen LogP contribution in [0.25, 0.3) is 0 Å². The van der Waals surface area contributed by atoms with Gasteiger partial charge in [-0.25, -0.2) is 0 Å². The molecule has 3 nitrogen and oxygen atoms in total. The molecule has 4 heteroatoms. The summed E-state index contributed by atoms with van der Waals surface area (Å²) < 4.78 is 5.28. The Morgan fingerprint density at radius 3 is 2.69 bits per heavy atom. The van der Waals surface area contributed by atoms with Gasteiger partial charge in [-0.1, -0.05) is 11.6 Å². The van der Waals surface area contributed by atoms with Crippen LogP contribution in [0.1, 0.15) is 16.7 Å². The van der Waals surface area contributed by atoms with E-state index in [9.17, 15) is 0 Å². The smallest absolute Gasteiger partial charge is 0.122 e. The van der Waals surface area contributed by atoms with E-state index in [4.69, 9.17) is 27.3 Å². The first-order valence-electron chi connectivity index (χ1n) is 4.99. The Labute approximate surface area is 101 Å². The number of hydrogen-bond acceptors (Lipinski definition) is 3. The van der Waals surface area contributed by atoms with Crippen LogP contribution in [-0.2, 0) is 6.42 Å². The second-order valence-corrected chi connectivity index (χ2v) is 4.13. The summed E-state index contributed by atoms with van der Waals surface area (Å²) in [4.78, 5) is 0. The lowest BCUT2D eigenvalue weighted by molar-refractivity contribution is 0.408. The number of methoxy groups -OCH3 is 1. The van der Waals surface area contributed by atoms with Crippen molar-refractivity contribution in [1.82, 2.24) is 0 Å². The molecule has 16 heavy (non-hydrogen) atoms. The lowest BCUT2D eigenvalue weighted by Gasteiger charge is -2.15. The van der Waals surface area contributed by atoms with Crippen LogP contribution in [-0.4, -0.2) is 13.2 Å². The van der Waals surface area contributed by atoms with Crippen molar-refractivity contribution in [3.8, 4) is 11.8 Å². The molecule has 0 saturated heterocycles. The molecule has 0 bridgehead atoms. The molecule has 0 saturated carbocycles. The Bertz CT molecular complexity index is 438. The molecule has 1 atom stereocenters. The molecule has 86 valence electrons. The zero-order chi connectivity index (χ0) is 12.3. The van der Waals surface area contributed by atoms with E-state index in [0.717, 1.165) is 22.4 Å². The fraction of sp³-hybridized carbons (Fsp3) is 0.417. The third-order valence-corrected chi connectivity index (χ3v) is 3.16. The van der Waals surface area contributed by atoms with Crippen LogP contribution in [0.2, 0.25) is 5.02 Å². The molecular weight excluding hydrogens is 224 g/mol. The molecular formula is C12H15ClN2O. The number of ether oxygens (including phenoxy) is 1. The van der Waals surface area contributed by atoms with Gasteiger partial charge < -0.3 is 10.5 Å². The maximum Gasteiger partial charge on any atom is 0.122 e. The van der Waals surface area contributed by atoms with Crippen molar-refractivity contribution >= 4 is 11.6 Å². The fourth-order valence-corrected chi connectivity index (χ4v) is 1.83. The zero-order valence-electron chi connectivity index (χ0n) is 9.67. The number of rotatable bonds is 3. The molecule has 0 radical (unpaired) electrons. The summed E-state index contributed by atoms with van der Waals surface area (Å²) in [7, 11) is 1.60. The summed E-state index contributed by atoms with van der Waals surface area (Å²) in [6, 6.07) is 3.34. The van der Waals surface area contributed by atoms with Gasteiger partial charge in [-0.2, -0.15) is 5.26 Å². The molecule has 1 unspecified atom stereocenters. The van der Waals surface area contributed by atoms with E-state index < -0.39 is 6.04 Å². The van der Waals surface area contributed by atoms with Crippen LogP contribution >= 0.6 is 11.6 Å². The molecule has 0 spiro atoms. The summed E-state index contributed by atoms with van der Waals surface area (Å²) in [5.74, 6) is 0.741. The molecule has 0 amide bonds. The van der Waals surface area contributed by atoms with Gasteiger partial charge in [-0.05, 0) is 31.0 Å². The molecule has 0 heterocycles. The van der Waals surface area contributed by atoms with Crippen LogP contribution in [0.15, 0.2) is 6.07 Å². The molecule has 0 aliphatic heterocycles. The van der Waals surface area contributed by atoms with E-state index in [0.29, 0.717) is 11.4 Å². The van der Waals surface area contributed by atoms with Gasteiger partial charge in [0, 0.05) is 17.0 Å². The molecule has 1 aromatic carbocycles. The highest BCUT2D eigenvalue weighted by Gasteiger charge is 2.15. The van der Waals surface area contributed by atoms with Crippen LogP contribution in [0.5, 0.6) is 5.75 Å². The quantitative estimate of drug-likeness (QED) is 0.880. The number of nitriles is 1. The van der Waals surface area contributed by atoms with Gasteiger partial charge in [0.15, 0.2) is 0 Å². The highest BCUT2D eigenvalue weighted by molar-refractivity contribution is 6.32. The summed E-state index contributed by atoms with van der Waals surface area (Å²) in [6.07, 6.45) is 0.450. The molecule has 1 aromatic rings. The molecule has 0 aliphatic rings. The lowest BCUT2D eigenvalue weighted by atomic mass is 9.98. The number of aryl methyl sites for hydroxylation is 1. The molecule has 0 aromatic heterocycles. The van der Waals surface area contributed by atoms with Gasteiger partial charge in [0.05, 0.1) is 19.2 Å². The van der Waals surface area contributed by atoms with Crippen LogP contribution in [0.3, 0.4) is 0 Å². The van der Waals surface area contributed by atoms with E-state index in [-0.39, 0.29) is 0 Å². The normalized spacial score (nSPS) is 12.0. The van der Waals surface area contributed by atoms with Crippen LogP contribution < -0.4 is 10.5 Å². The van der Waals surface area contributed by atoms with Crippen molar-refractivity contribution in [1.29, 1.82) is 5.26 Å². The van der Waals surface area contributed by atoms with Gasteiger partial charge in [0.1, 0.15) is 5.75 Å². The molecule has 1 rings (SSSR count). The Hall–Kier alpha value is -1.24. The second kappa shape index (κ2) is 5.20. The Morgan fingerprint density at radius 2 is 2.19 bits per heavy atom. The Kier molecular flexibility index (Phi) is 4.17. The summed E-state index contributed by atoms with van der Waals surface area (Å²) in [5, 5.41) is 9.43. The van der Waals surface area contributed by atoms with Crippen molar-refractivity contribution in [3.63, 3.8) is 0 Å². The first-order valence-corrected chi connectivity index (χ1v) is 5.36. The number of nitrogens with zero attached hydrogens (tertiary/aromatic N) is 1. The third kappa shape index (κ3) is 2.46. The van der Waals surface area contributed by atoms with E-state index in [1.54, 1.807) is 7.11 Å². The van der Waals surface area contributed by atoms with E-state index in [1.165, 1.54) is 0 Å². The van der Waals surface area contributed by atoms with Gasteiger partial charge in [-0.15, -0.1) is 0 Å². The SMILES string of the molecule is COc1cc(C)c(Cl)c(C)c1CC(N)C#N. The number of nitrogens with two attached hydrogens (primary N) is 1. The van der Waals surface area contributed by atoms with Crippen molar-refractivity contribution in [2.24, 2.45) is 5.73 Å². The van der Waals surface area contributed by atoms with E-state index >= 15 is 0 Å². The Morgan fingerprint density at radius 1 is 1.56 bits per heavy atom. The zero-order valence-corrected chi connectivity index (χ0v) is 10.4. The van der Waals surface area contributed by atoms with Crippen molar-refractivity contribution in [2.45, 2.75) is 26.3 Å². The highest BCUT2D eigenvalue weighted by atomic mass is 35.5. The first kappa shape index (κ1) is 12.8. The minimum Gasteiger partial charge on any atom is -0.496 e. The Balaban J connectivity index is 3.26. The minimum atomic E-state index is -0.536. The first-order chi connectivity index (χ1) is 7.51. The van der Waals surface area contributed by atoms with Gasteiger partial charge in [-0.3, -0.25) is 0 Å². The van der Waals surface area contributed by atoms with Gasteiger partial charge in [0.2, 0.25) is 0 Å². The third-order valence-electron chi connectivity index (χ3n) is 2.58. The van der Waals surface area contributed by atoms with Crippen LogP contribution in [0, 0.1) is 25.2 Å². The number of hydrogen-bond donors (Lipinski definition) is 1. The van der Waals surface area contributed by atoms with Crippen molar-refractivity contribution in [2.75, 3.05) is 7.11 Å². The van der Waals surface area contributed by atoms with Gasteiger partial charge >= 0.3 is 0 Å². The monoisotopic (exact) mass is 238 g/mol. The predicted molar refractivity (Wildman–Crippen MR) is 64.8 cm³/mol. The molecule has 2 N–H and O–H groups in total. The fourth-order valence-electron chi connectivity index (χ4n) is 1.66. The van der Waals surface area contributed by atoms with E-state index in [1.807, 2.05) is 26.0 Å². The van der Waals surface area contributed by atoms with E-state index in [2.05, 4.69) is 0 Å². The van der Waals surface area contributed by atoms with Crippen molar-refractivity contribution < 1.29 is 4.74 Å². The summed E-state index contributed by atoms with van der Waals surface area (Å²) in [5.41, 5.74) is 8.43. The summed E-state index contributed by atoms with van der Waals surface area (Å²) in [6.45, 7) is 3.84. The average Bonchev–Trinajstić information content (AvgIpc) is 2.29. The molecule has 0 fully saturated rings. The predicted octanol–water partition coefficient (Wildman–Crippen LogP) is 2.36. The minimum absolute atomic E-state index is 0.450. The average molecular weight is 239 g/mol. The summed E-state index contributed by atoms with van der Waals surface area (Å²) >= 11 is 6.16. The number of benzene rings is 1. The van der Waals surface area contributed by atoms with Gasteiger partial charge in [0.25, 0.3) is 0 Å². The second-order valence-electron chi connectivity index (χ2n) is 3.75. The van der Waals surface area contributed by atoms with Crippen molar-refractivity contribution in [3.05, 3.63) is 27.8 Å². The largest absolute Gasteiger partial charge is 0.496 e.